The van der Waals surface area contributed by atoms with Crippen molar-refractivity contribution in [3.05, 3.63) is 26.1 Å². The van der Waals surface area contributed by atoms with E-state index in [2.05, 4.69) is 22.2 Å². The van der Waals surface area contributed by atoms with Gasteiger partial charge in [-0.15, -0.1) is 11.3 Å². The molecule has 0 aromatic carbocycles. The van der Waals surface area contributed by atoms with E-state index >= 15 is 0 Å². The van der Waals surface area contributed by atoms with Crippen molar-refractivity contribution in [3.63, 3.8) is 0 Å². The number of thiazole rings is 2. The average Bonchev–Trinajstić information content (AvgIpc) is 2.91. The van der Waals surface area contributed by atoms with E-state index in [1.807, 2.05) is 13.8 Å². The van der Waals surface area contributed by atoms with E-state index in [4.69, 9.17) is 4.74 Å². The molecular formula is C13H17N3O2S2. The van der Waals surface area contributed by atoms with Crippen LogP contribution in [0.1, 0.15) is 43.9 Å². The summed E-state index contributed by atoms with van der Waals surface area (Å²) in [5.74, 6) is -0.342. The Morgan fingerprint density at radius 3 is 2.45 bits per heavy atom. The van der Waals surface area contributed by atoms with Crippen molar-refractivity contribution in [2.75, 3.05) is 12.4 Å². The van der Waals surface area contributed by atoms with Gasteiger partial charge in [0.05, 0.1) is 29.5 Å². The van der Waals surface area contributed by atoms with Crippen molar-refractivity contribution in [3.8, 4) is 0 Å². The normalized spacial score (nSPS) is 12.2. The Bertz CT molecular complexity index is 634. The van der Waals surface area contributed by atoms with Crippen LogP contribution in [0.4, 0.5) is 5.13 Å². The molecule has 2 rings (SSSR count). The van der Waals surface area contributed by atoms with Crippen LogP contribution in [-0.2, 0) is 4.74 Å². The van der Waals surface area contributed by atoms with Gasteiger partial charge in [-0.3, -0.25) is 0 Å². The van der Waals surface area contributed by atoms with E-state index < -0.39 is 0 Å². The number of nitrogens with one attached hydrogen (secondary N) is 1. The van der Waals surface area contributed by atoms with Gasteiger partial charge >= 0.3 is 5.97 Å². The Labute approximate surface area is 126 Å². The smallest absolute Gasteiger partial charge is 0.350 e. The first-order valence-electron chi connectivity index (χ1n) is 6.18. The maximum absolute atomic E-state index is 11.6. The monoisotopic (exact) mass is 311 g/mol. The van der Waals surface area contributed by atoms with Crippen LogP contribution < -0.4 is 5.32 Å². The Balaban J connectivity index is 2.18. The third kappa shape index (κ3) is 2.99. The first-order chi connectivity index (χ1) is 9.42. The quantitative estimate of drug-likeness (QED) is 0.876. The fourth-order valence-electron chi connectivity index (χ4n) is 1.94. The van der Waals surface area contributed by atoms with Crippen LogP contribution in [0.5, 0.6) is 0 Å². The van der Waals surface area contributed by atoms with E-state index in [0.717, 1.165) is 15.8 Å². The molecule has 2 aromatic heterocycles. The highest BCUT2D eigenvalue weighted by Crippen LogP contribution is 2.30. The number of carbonyl (C=O) groups is 1. The number of carbonyl (C=O) groups excluding carboxylic acids is 1. The van der Waals surface area contributed by atoms with Crippen molar-refractivity contribution in [1.82, 2.24) is 9.97 Å². The summed E-state index contributed by atoms with van der Waals surface area (Å²) in [4.78, 5) is 22.1. The van der Waals surface area contributed by atoms with Gasteiger partial charge in [0, 0.05) is 4.88 Å². The molecule has 2 heterocycles. The number of hydrogen-bond donors (Lipinski definition) is 1. The van der Waals surface area contributed by atoms with Crippen LogP contribution in [0, 0.1) is 20.8 Å². The van der Waals surface area contributed by atoms with Gasteiger partial charge in [0.1, 0.15) is 4.88 Å². The van der Waals surface area contributed by atoms with E-state index in [0.29, 0.717) is 10.6 Å². The van der Waals surface area contributed by atoms with Gasteiger partial charge in [0.2, 0.25) is 0 Å². The van der Waals surface area contributed by atoms with Gasteiger partial charge in [0.25, 0.3) is 0 Å². The number of aryl methyl sites for hydroxylation is 3. The van der Waals surface area contributed by atoms with Gasteiger partial charge in [0.15, 0.2) is 5.13 Å². The maximum Gasteiger partial charge on any atom is 0.350 e. The summed E-state index contributed by atoms with van der Waals surface area (Å²) in [5.41, 5.74) is 1.72. The SMILES string of the molecule is COC(=O)c1sc(NC(C)c2sc(C)nc2C)nc1C. The maximum atomic E-state index is 11.6. The van der Waals surface area contributed by atoms with E-state index in [1.54, 1.807) is 18.3 Å². The summed E-state index contributed by atoms with van der Waals surface area (Å²) in [6.07, 6.45) is 0. The molecule has 0 amide bonds. The molecule has 2 aromatic rings. The highest BCUT2D eigenvalue weighted by Gasteiger charge is 2.18. The van der Waals surface area contributed by atoms with Crippen LogP contribution in [0.3, 0.4) is 0 Å². The number of esters is 1. The molecule has 0 radical (unpaired) electrons. The zero-order chi connectivity index (χ0) is 14.9. The second kappa shape index (κ2) is 5.88. The Kier molecular flexibility index (Phi) is 4.39. The lowest BCUT2D eigenvalue weighted by Gasteiger charge is -2.11. The molecule has 0 aliphatic heterocycles. The second-order valence-electron chi connectivity index (χ2n) is 4.47. The minimum Gasteiger partial charge on any atom is -0.465 e. The standard InChI is InChI=1S/C13H17N3O2S2/c1-6-10(19-9(4)14-6)7(2)15-13-16-8(3)11(20-13)12(17)18-5/h7H,1-5H3,(H,15,16). The van der Waals surface area contributed by atoms with Gasteiger partial charge in [-0.25, -0.2) is 14.8 Å². The molecule has 20 heavy (non-hydrogen) atoms. The molecule has 0 bridgehead atoms. The number of anilines is 1. The highest BCUT2D eigenvalue weighted by atomic mass is 32.1. The van der Waals surface area contributed by atoms with Crippen molar-refractivity contribution >= 4 is 33.8 Å². The summed E-state index contributed by atoms with van der Waals surface area (Å²) in [5, 5.41) is 5.10. The van der Waals surface area contributed by atoms with Crippen LogP contribution in [0.25, 0.3) is 0 Å². The fourth-order valence-corrected chi connectivity index (χ4v) is 3.84. The molecule has 1 unspecified atom stereocenters. The molecule has 0 saturated carbocycles. The van der Waals surface area contributed by atoms with E-state index in [-0.39, 0.29) is 12.0 Å². The summed E-state index contributed by atoms with van der Waals surface area (Å²) in [6, 6.07) is 0.109. The van der Waals surface area contributed by atoms with Gasteiger partial charge < -0.3 is 10.1 Å². The molecule has 0 aliphatic carbocycles. The molecule has 0 fully saturated rings. The molecule has 0 aliphatic rings. The Morgan fingerprint density at radius 2 is 1.90 bits per heavy atom. The zero-order valence-electron chi connectivity index (χ0n) is 12.1. The van der Waals surface area contributed by atoms with E-state index in [1.165, 1.54) is 23.3 Å². The number of nitrogens with zero attached hydrogens (tertiary/aromatic N) is 2. The van der Waals surface area contributed by atoms with Gasteiger partial charge in [-0.2, -0.15) is 0 Å². The molecule has 0 saturated heterocycles. The van der Waals surface area contributed by atoms with Crippen LogP contribution >= 0.6 is 22.7 Å². The average molecular weight is 311 g/mol. The summed E-state index contributed by atoms with van der Waals surface area (Å²) >= 11 is 2.99. The third-order valence-electron chi connectivity index (χ3n) is 2.84. The van der Waals surface area contributed by atoms with Crippen molar-refractivity contribution in [1.29, 1.82) is 0 Å². The Morgan fingerprint density at radius 1 is 1.20 bits per heavy atom. The summed E-state index contributed by atoms with van der Waals surface area (Å²) in [6.45, 7) is 7.87. The van der Waals surface area contributed by atoms with Crippen molar-refractivity contribution < 1.29 is 9.53 Å². The zero-order valence-corrected chi connectivity index (χ0v) is 13.7. The molecular weight excluding hydrogens is 294 g/mol. The number of rotatable bonds is 4. The molecule has 108 valence electrons. The largest absolute Gasteiger partial charge is 0.465 e. The number of ether oxygens (including phenoxy) is 1. The highest BCUT2D eigenvalue weighted by molar-refractivity contribution is 7.17. The molecule has 1 N–H and O–H groups in total. The van der Waals surface area contributed by atoms with Gasteiger partial charge in [-0.1, -0.05) is 11.3 Å². The number of hydrogen-bond acceptors (Lipinski definition) is 7. The minimum absolute atomic E-state index is 0.109. The molecule has 7 heteroatoms. The molecule has 5 nitrogen and oxygen atoms in total. The van der Waals surface area contributed by atoms with Crippen molar-refractivity contribution in [2.24, 2.45) is 0 Å². The summed E-state index contributed by atoms with van der Waals surface area (Å²) < 4.78 is 4.74. The lowest BCUT2D eigenvalue weighted by atomic mass is 10.2. The number of aromatic nitrogens is 2. The van der Waals surface area contributed by atoms with Gasteiger partial charge in [-0.05, 0) is 27.7 Å². The van der Waals surface area contributed by atoms with Crippen LogP contribution in [0.15, 0.2) is 0 Å². The lowest BCUT2D eigenvalue weighted by Crippen LogP contribution is -2.05. The molecule has 1 atom stereocenters. The van der Waals surface area contributed by atoms with Crippen LogP contribution in [0.2, 0.25) is 0 Å². The molecule has 0 spiro atoms. The lowest BCUT2D eigenvalue weighted by molar-refractivity contribution is 0.0605. The fraction of sp³-hybridized carbons (Fsp3) is 0.462. The topological polar surface area (TPSA) is 64.1 Å². The predicted molar refractivity (Wildman–Crippen MR) is 81.8 cm³/mol. The summed E-state index contributed by atoms with van der Waals surface area (Å²) in [7, 11) is 1.38. The third-order valence-corrected chi connectivity index (χ3v) is 5.16. The predicted octanol–water partition coefficient (Wildman–Crippen LogP) is 3.48. The number of methoxy groups -OCH3 is 1. The van der Waals surface area contributed by atoms with E-state index in [9.17, 15) is 4.79 Å². The van der Waals surface area contributed by atoms with Crippen LogP contribution in [-0.4, -0.2) is 23.0 Å². The first-order valence-corrected chi connectivity index (χ1v) is 7.82. The first kappa shape index (κ1) is 14.9. The Hall–Kier alpha value is -1.47. The van der Waals surface area contributed by atoms with Crippen molar-refractivity contribution in [2.45, 2.75) is 33.7 Å². The second-order valence-corrected chi connectivity index (χ2v) is 6.71. The minimum atomic E-state index is -0.342.